The molecule has 1 heterocycles. The molecule has 0 unspecified atom stereocenters. The fraction of sp³-hybridized carbons (Fsp3) is 0.111. The number of benzene rings is 2. The van der Waals surface area contributed by atoms with Crippen molar-refractivity contribution in [1.82, 2.24) is 4.98 Å². The normalized spacial score (nSPS) is 10.7. The number of hydrogen-bond acceptors (Lipinski definition) is 3. The predicted octanol–water partition coefficient (Wildman–Crippen LogP) is 4.76. The highest BCUT2D eigenvalue weighted by Crippen LogP contribution is 2.34. The molecule has 4 heteroatoms. The van der Waals surface area contributed by atoms with Gasteiger partial charge in [0.25, 0.3) is 0 Å². The van der Waals surface area contributed by atoms with Crippen molar-refractivity contribution < 1.29 is 9.53 Å². The van der Waals surface area contributed by atoms with E-state index >= 15 is 0 Å². The zero-order valence-electron chi connectivity index (χ0n) is 12.3. The van der Waals surface area contributed by atoms with Gasteiger partial charge in [-0.2, -0.15) is 0 Å². The van der Waals surface area contributed by atoms with Gasteiger partial charge in [0.05, 0.1) is 23.9 Å². The molecule has 0 aliphatic rings. The molecule has 0 radical (unpaired) electrons. The van der Waals surface area contributed by atoms with Crippen molar-refractivity contribution in [2.75, 3.05) is 7.11 Å². The summed E-state index contributed by atoms with van der Waals surface area (Å²) >= 11 is 3.49. The Morgan fingerprint density at radius 3 is 2.55 bits per heavy atom. The Labute approximate surface area is 137 Å². The second kappa shape index (κ2) is 5.89. The molecule has 0 saturated heterocycles. The lowest BCUT2D eigenvalue weighted by molar-refractivity contribution is 0.0600. The third-order valence-electron chi connectivity index (χ3n) is 3.58. The molecule has 3 nitrogen and oxygen atoms in total. The van der Waals surface area contributed by atoms with Crippen molar-refractivity contribution in [1.29, 1.82) is 0 Å². The Morgan fingerprint density at radius 1 is 1.14 bits per heavy atom. The van der Waals surface area contributed by atoms with E-state index in [1.807, 2.05) is 55.5 Å². The number of nitrogens with zero attached hydrogens (tertiary/aromatic N) is 1. The molecule has 1 aromatic heterocycles. The summed E-state index contributed by atoms with van der Waals surface area (Å²) in [6, 6.07) is 15.7. The average Bonchev–Trinajstić information content (AvgIpc) is 2.54. The Morgan fingerprint density at radius 2 is 1.86 bits per heavy atom. The number of carbonyl (C=O) groups excluding carboxylic acids is 1. The minimum Gasteiger partial charge on any atom is -0.465 e. The number of pyridine rings is 1. The lowest BCUT2D eigenvalue weighted by Gasteiger charge is -2.14. The van der Waals surface area contributed by atoms with Gasteiger partial charge in [-0.25, -0.2) is 4.79 Å². The standard InChI is InChI=1S/C18H14BrNO2/c1-11-16(18(21)22-2)17(12-6-4-3-5-7-12)14-10-13(19)8-9-15(14)20-11/h3-10H,1-2H3. The highest BCUT2D eigenvalue weighted by molar-refractivity contribution is 9.10. The van der Waals surface area contributed by atoms with E-state index in [0.717, 1.165) is 26.5 Å². The number of aryl methyl sites for hydroxylation is 1. The van der Waals surface area contributed by atoms with Crippen molar-refractivity contribution in [2.24, 2.45) is 0 Å². The van der Waals surface area contributed by atoms with E-state index in [2.05, 4.69) is 20.9 Å². The van der Waals surface area contributed by atoms with E-state index in [4.69, 9.17) is 4.74 Å². The van der Waals surface area contributed by atoms with Crippen molar-refractivity contribution >= 4 is 32.8 Å². The van der Waals surface area contributed by atoms with Gasteiger partial charge in [0.2, 0.25) is 0 Å². The van der Waals surface area contributed by atoms with Crippen LogP contribution < -0.4 is 0 Å². The Kier molecular flexibility index (Phi) is 3.94. The summed E-state index contributed by atoms with van der Waals surface area (Å²) in [5.41, 5.74) is 3.86. The van der Waals surface area contributed by atoms with E-state index in [1.54, 1.807) is 0 Å². The number of halogens is 1. The lowest BCUT2D eigenvalue weighted by atomic mass is 9.94. The first-order chi connectivity index (χ1) is 10.6. The first kappa shape index (κ1) is 14.7. The molecule has 0 N–H and O–H groups in total. The van der Waals surface area contributed by atoms with Crippen LogP contribution in [-0.4, -0.2) is 18.1 Å². The summed E-state index contributed by atoms with van der Waals surface area (Å²) in [7, 11) is 1.39. The first-order valence-electron chi connectivity index (χ1n) is 6.85. The van der Waals surface area contributed by atoms with Gasteiger partial charge in [-0.15, -0.1) is 0 Å². The Bertz CT molecular complexity index is 860. The third-order valence-corrected chi connectivity index (χ3v) is 4.07. The predicted molar refractivity (Wildman–Crippen MR) is 91.0 cm³/mol. The second-order valence-corrected chi connectivity index (χ2v) is 5.88. The Hall–Kier alpha value is -2.20. The number of aromatic nitrogens is 1. The molecule has 3 aromatic rings. The number of ether oxygens (including phenoxy) is 1. The molecule has 0 saturated carbocycles. The molecule has 0 spiro atoms. The maximum Gasteiger partial charge on any atom is 0.340 e. The van der Waals surface area contributed by atoms with Crippen LogP contribution in [0.2, 0.25) is 0 Å². The fourth-order valence-electron chi connectivity index (χ4n) is 2.61. The van der Waals surface area contributed by atoms with Crippen LogP contribution in [0.1, 0.15) is 16.1 Å². The maximum atomic E-state index is 12.3. The van der Waals surface area contributed by atoms with E-state index < -0.39 is 0 Å². The number of rotatable bonds is 2. The third kappa shape index (κ3) is 2.50. The molecule has 0 aliphatic heterocycles. The van der Waals surface area contributed by atoms with Crippen LogP contribution in [0, 0.1) is 6.92 Å². The minimum absolute atomic E-state index is 0.370. The Balaban J connectivity index is 2.47. The summed E-state index contributed by atoms with van der Waals surface area (Å²) in [5.74, 6) is -0.370. The molecule has 2 aromatic carbocycles. The smallest absolute Gasteiger partial charge is 0.340 e. The molecule has 0 aliphatic carbocycles. The van der Waals surface area contributed by atoms with Crippen LogP contribution in [0.3, 0.4) is 0 Å². The minimum atomic E-state index is -0.370. The van der Waals surface area contributed by atoms with Gasteiger partial charge in [-0.1, -0.05) is 46.3 Å². The first-order valence-corrected chi connectivity index (χ1v) is 7.64. The topological polar surface area (TPSA) is 39.2 Å². The lowest BCUT2D eigenvalue weighted by Crippen LogP contribution is -2.08. The highest BCUT2D eigenvalue weighted by Gasteiger charge is 2.20. The maximum absolute atomic E-state index is 12.3. The largest absolute Gasteiger partial charge is 0.465 e. The number of esters is 1. The van der Waals surface area contributed by atoms with Crippen molar-refractivity contribution in [3.8, 4) is 11.1 Å². The summed E-state index contributed by atoms with van der Waals surface area (Å²) in [4.78, 5) is 16.8. The summed E-state index contributed by atoms with van der Waals surface area (Å²) in [6.45, 7) is 1.83. The van der Waals surface area contributed by atoms with Crippen molar-refractivity contribution in [2.45, 2.75) is 6.92 Å². The molecule has 0 fully saturated rings. The molecule has 0 amide bonds. The van der Waals surface area contributed by atoms with Gasteiger partial charge >= 0.3 is 5.97 Å². The molecule has 0 atom stereocenters. The fourth-order valence-corrected chi connectivity index (χ4v) is 2.98. The van der Waals surface area contributed by atoms with Crippen LogP contribution in [0.25, 0.3) is 22.0 Å². The summed E-state index contributed by atoms with van der Waals surface area (Å²) in [5, 5.41) is 0.923. The van der Waals surface area contributed by atoms with Crippen LogP contribution in [0.15, 0.2) is 53.0 Å². The van der Waals surface area contributed by atoms with E-state index in [1.165, 1.54) is 7.11 Å². The van der Waals surface area contributed by atoms with Crippen LogP contribution in [0.4, 0.5) is 0 Å². The molecule has 0 bridgehead atoms. The highest BCUT2D eigenvalue weighted by atomic mass is 79.9. The molecule has 3 rings (SSSR count). The number of methoxy groups -OCH3 is 1. The van der Waals surface area contributed by atoms with Gasteiger partial charge < -0.3 is 4.74 Å². The zero-order valence-corrected chi connectivity index (χ0v) is 13.8. The van der Waals surface area contributed by atoms with E-state index in [-0.39, 0.29) is 5.97 Å². The molecule has 110 valence electrons. The zero-order chi connectivity index (χ0) is 15.7. The SMILES string of the molecule is COC(=O)c1c(C)nc2ccc(Br)cc2c1-c1ccccc1. The van der Waals surface area contributed by atoms with Crippen LogP contribution in [0.5, 0.6) is 0 Å². The monoisotopic (exact) mass is 355 g/mol. The van der Waals surface area contributed by atoms with Crippen LogP contribution in [-0.2, 0) is 4.74 Å². The number of hydrogen-bond donors (Lipinski definition) is 0. The van der Waals surface area contributed by atoms with Gasteiger partial charge in [-0.3, -0.25) is 4.98 Å². The molecular weight excluding hydrogens is 342 g/mol. The quantitative estimate of drug-likeness (QED) is 0.622. The van der Waals surface area contributed by atoms with Gasteiger partial charge in [0.15, 0.2) is 0 Å². The number of carbonyl (C=O) groups is 1. The van der Waals surface area contributed by atoms with Crippen molar-refractivity contribution in [3.63, 3.8) is 0 Å². The van der Waals surface area contributed by atoms with Gasteiger partial charge in [0, 0.05) is 15.4 Å². The van der Waals surface area contributed by atoms with E-state index in [0.29, 0.717) is 11.3 Å². The van der Waals surface area contributed by atoms with E-state index in [9.17, 15) is 4.79 Å². The summed E-state index contributed by atoms with van der Waals surface area (Å²) < 4.78 is 5.91. The molecule has 22 heavy (non-hydrogen) atoms. The van der Waals surface area contributed by atoms with Gasteiger partial charge in [0.1, 0.15) is 0 Å². The van der Waals surface area contributed by atoms with Crippen molar-refractivity contribution in [3.05, 3.63) is 64.3 Å². The van der Waals surface area contributed by atoms with Gasteiger partial charge in [-0.05, 0) is 30.7 Å². The summed E-state index contributed by atoms with van der Waals surface area (Å²) in [6.07, 6.45) is 0. The molecular formula is C18H14BrNO2. The number of fused-ring (bicyclic) bond motifs is 1. The van der Waals surface area contributed by atoms with Crippen LogP contribution >= 0.6 is 15.9 Å². The average molecular weight is 356 g/mol. The second-order valence-electron chi connectivity index (χ2n) is 4.97.